The van der Waals surface area contributed by atoms with Crippen molar-refractivity contribution in [3.8, 4) is 23.0 Å². The first-order chi connectivity index (χ1) is 24.3. The summed E-state index contributed by atoms with van der Waals surface area (Å²) < 4.78 is 37.1. The van der Waals surface area contributed by atoms with Crippen LogP contribution in [0.25, 0.3) is 0 Å². The fourth-order valence-electron chi connectivity index (χ4n) is 7.32. The van der Waals surface area contributed by atoms with E-state index in [2.05, 4.69) is 10.6 Å². The molecule has 2 atom stereocenters. The van der Waals surface area contributed by atoms with Gasteiger partial charge in [-0.2, -0.15) is 0 Å². The Labute approximate surface area is 289 Å². The van der Waals surface area contributed by atoms with E-state index in [0.29, 0.717) is 47.1 Å². The second-order valence-electron chi connectivity index (χ2n) is 12.9. The minimum atomic E-state index is -3.49. The van der Waals surface area contributed by atoms with Gasteiger partial charge in [0.05, 0.1) is 48.8 Å². The zero-order valence-electron chi connectivity index (χ0n) is 27.7. The Bertz CT molecular complexity index is 1930. The number of carbonyl (C=O) groups is 2. The van der Waals surface area contributed by atoms with Crippen molar-refractivity contribution in [3.05, 3.63) is 95.1 Å². The Morgan fingerprint density at radius 3 is 1.56 bits per heavy atom. The summed E-state index contributed by atoms with van der Waals surface area (Å²) in [6.07, 6.45) is 0.118. The van der Waals surface area contributed by atoms with Gasteiger partial charge in [-0.1, -0.05) is 36.4 Å². The molecule has 0 spiro atoms. The van der Waals surface area contributed by atoms with E-state index in [9.17, 15) is 19.3 Å². The van der Waals surface area contributed by atoms with Gasteiger partial charge in [-0.25, -0.2) is 0 Å². The van der Waals surface area contributed by atoms with Crippen molar-refractivity contribution < 1.29 is 38.2 Å². The summed E-state index contributed by atoms with van der Waals surface area (Å²) in [5.74, 6) is 0.846. The first kappa shape index (κ1) is 32.0. The third-order valence-corrected chi connectivity index (χ3v) is 11.6. The van der Waals surface area contributed by atoms with Crippen LogP contribution in [-0.2, 0) is 17.4 Å². The van der Waals surface area contributed by atoms with E-state index in [1.165, 1.54) is 14.2 Å². The smallest absolute Gasteiger partial charge is 0.260 e. The third kappa shape index (κ3) is 5.39. The molecular weight excluding hydrogens is 659 g/mol. The molecule has 0 bridgehead atoms. The lowest BCUT2D eigenvalue weighted by molar-refractivity contribution is 0.0975. The van der Waals surface area contributed by atoms with Crippen LogP contribution >= 0.6 is 7.14 Å². The second-order valence-corrected chi connectivity index (χ2v) is 15.8. The first-order valence-corrected chi connectivity index (χ1v) is 18.8. The number of benzene rings is 4. The lowest BCUT2D eigenvalue weighted by Crippen LogP contribution is -2.39. The number of nitrogens with zero attached hydrogens (tertiary/aromatic N) is 2. The summed E-state index contributed by atoms with van der Waals surface area (Å²) in [6.45, 7) is 1.08. The van der Waals surface area contributed by atoms with Gasteiger partial charge in [-0.3, -0.25) is 9.59 Å². The standard InChI is InChI=1S/C37H37N4O8P/c1-46-32-13-26-28(38-17-24-11-22-7-3-5-9-30(22)40(24)36(26)43)15-34(32)48-20-50(45,19-42)21-49-35-16-29-27(14-33(35)47-2)37(44)41-25(18-39-29)12-23-8-4-6-10-31(23)41/h3-10,13-16,24-25,38-39,42H,11-12,17-21H2,1-2H3/t24-,25-/m0/s1. The number of hydrogen-bond acceptors (Lipinski definition) is 10. The zero-order chi connectivity index (χ0) is 34.6. The number of para-hydroxylation sites is 2. The average molecular weight is 697 g/mol. The van der Waals surface area contributed by atoms with Crippen LogP contribution in [0.1, 0.15) is 31.8 Å². The first-order valence-electron chi connectivity index (χ1n) is 16.5. The van der Waals surface area contributed by atoms with Crippen LogP contribution < -0.4 is 39.4 Å². The van der Waals surface area contributed by atoms with Crippen molar-refractivity contribution in [2.45, 2.75) is 24.9 Å². The molecule has 50 heavy (non-hydrogen) atoms. The van der Waals surface area contributed by atoms with E-state index < -0.39 is 13.5 Å². The largest absolute Gasteiger partial charge is 0.493 e. The maximum atomic E-state index is 13.9. The lowest BCUT2D eigenvalue weighted by Gasteiger charge is -2.23. The van der Waals surface area contributed by atoms with Gasteiger partial charge in [0, 0.05) is 36.6 Å². The molecule has 0 saturated carbocycles. The van der Waals surface area contributed by atoms with Gasteiger partial charge in [-0.15, -0.1) is 0 Å². The van der Waals surface area contributed by atoms with Gasteiger partial charge in [0.15, 0.2) is 30.1 Å². The molecule has 258 valence electrons. The Morgan fingerprint density at radius 2 is 1.14 bits per heavy atom. The van der Waals surface area contributed by atoms with Gasteiger partial charge in [0.25, 0.3) is 11.8 Å². The van der Waals surface area contributed by atoms with Crippen molar-refractivity contribution in [1.29, 1.82) is 0 Å². The van der Waals surface area contributed by atoms with Gasteiger partial charge in [-0.05, 0) is 48.2 Å². The summed E-state index contributed by atoms with van der Waals surface area (Å²) in [5, 5.41) is 17.0. The highest BCUT2D eigenvalue weighted by molar-refractivity contribution is 7.63. The lowest BCUT2D eigenvalue weighted by atomic mass is 10.1. The van der Waals surface area contributed by atoms with Crippen molar-refractivity contribution in [2.24, 2.45) is 0 Å². The number of fused-ring (bicyclic) bond motifs is 8. The molecule has 2 amide bonds. The van der Waals surface area contributed by atoms with E-state index in [1.807, 2.05) is 58.3 Å². The second kappa shape index (κ2) is 12.6. The van der Waals surface area contributed by atoms with Crippen LogP contribution in [0.4, 0.5) is 22.7 Å². The van der Waals surface area contributed by atoms with Crippen molar-refractivity contribution in [2.75, 3.05) is 66.8 Å². The number of amides is 2. The SMILES string of the molecule is COc1cc2c(cc1OCP(=O)(CO)COc1cc3c(cc1OC)C(=O)N1c4ccccc4C[C@H]1CN3)NC[C@@H]1Cc3ccccc3N1C2=O. The molecule has 4 aliphatic rings. The highest BCUT2D eigenvalue weighted by atomic mass is 31.2. The van der Waals surface area contributed by atoms with Crippen LogP contribution in [0.5, 0.6) is 23.0 Å². The summed E-state index contributed by atoms with van der Waals surface area (Å²) in [6, 6.07) is 22.3. The highest BCUT2D eigenvalue weighted by Gasteiger charge is 2.39. The third-order valence-electron chi connectivity index (χ3n) is 9.87. The van der Waals surface area contributed by atoms with Crippen molar-refractivity contribution in [1.82, 2.24) is 0 Å². The van der Waals surface area contributed by atoms with E-state index in [0.717, 1.165) is 35.3 Å². The number of aliphatic hydroxyl groups excluding tert-OH is 1. The van der Waals surface area contributed by atoms with Crippen LogP contribution in [0, 0.1) is 0 Å². The molecule has 3 N–H and O–H groups in total. The number of aliphatic hydroxyl groups is 1. The van der Waals surface area contributed by atoms with Crippen molar-refractivity contribution in [3.63, 3.8) is 0 Å². The summed E-state index contributed by atoms with van der Waals surface area (Å²) in [4.78, 5) is 31.2. The van der Waals surface area contributed by atoms with E-state index >= 15 is 0 Å². The van der Waals surface area contributed by atoms with Gasteiger partial charge < -0.3 is 49.1 Å². The zero-order valence-corrected chi connectivity index (χ0v) is 28.6. The molecule has 0 aromatic heterocycles. The number of methoxy groups -OCH3 is 2. The monoisotopic (exact) mass is 696 g/mol. The van der Waals surface area contributed by atoms with Crippen LogP contribution in [-0.4, -0.2) is 75.4 Å². The minimum Gasteiger partial charge on any atom is -0.493 e. The van der Waals surface area contributed by atoms with Gasteiger partial charge in [0.1, 0.15) is 19.0 Å². The molecule has 12 nitrogen and oxygen atoms in total. The highest BCUT2D eigenvalue weighted by Crippen LogP contribution is 2.48. The fourth-order valence-corrected chi connectivity index (χ4v) is 8.30. The molecule has 4 aromatic rings. The van der Waals surface area contributed by atoms with E-state index in [4.69, 9.17) is 18.9 Å². The van der Waals surface area contributed by atoms with Crippen LogP contribution in [0.3, 0.4) is 0 Å². The predicted octanol–water partition coefficient (Wildman–Crippen LogP) is 5.38. The molecule has 0 saturated heterocycles. The van der Waals surface area contributed by atoms with Crippen molar-refractivity contribution >= 4 is 41.7 Å². The normalized spacial score (nSPS) is 18.6. The molecule has 4 aliphatic heterocycles. The van der Waals surface area contributed by atoms with Gasteiger partial charge >= 0.3 is 0 Å². The molecule has 0 aliphatic carbocycles. The Hall–Kier alpha value is -5.19. The molecule has 4 heterocycles. The molecule has 0 unspecified atom stereocenters. The number of rotatable bonds is 9. The molecule has 4 aromatic carbocycles. The number of nitrogens with one attached hydrogen (secondary N) is 2. The number of anilines is 4. The maximum absolute atomic E-state index is 13.9. The average Bonchev–Trinajstić information content (AvgIpc) is 3.64. The van der Waals surface area contributed by atoms with Gasteiger partial charge in [0.2, 0.25) is 0 Å². The Kier molecular flexibility index (Phi) is 8.08. The number of carbonyl (C=O) groups excluding carboxylic acids is 2. The number of hydrogen-bond donors (Lipinski definition) is 3. The topological polar surface area (TPSA) is 139 Å². The van der Waals surface area contributed by atoms with E-state index in [-0.39, 0.29) is 48.1 Å². The maximum Gasteiger partial charge on any atom is 0.260 e. The van der Waals surface area contributed by atoms with Crippen LogP contribution in [0.2, 0.25) is 0 Å². The molecule has 13 heteroatoms. The molecule has 8 rings (SSSR count). The molecular formula is C37H37N4O8P. The Morgan fingerprint density at radius 1 is 0.700 bits per heavy atom. The van der Waals surface area contributed by atoms with Crippen LogP contribution in [0.15, 0.2) is 72.8 Å². The molecule has 0 radical (unpaired) electrons. The summed E-state index contributed by atoms with van der Waals surface area (Å²) in [5.41, 5.74) is 6.10. The molecule has 0 fully saturated rings. The summed E-state index contributed by atoms with van der Waals surface area (Å²) in [7, 11) is -0.544. The number of ether oxygens (including phenoxy) is 4. The Balaban J connectivity index is 0.994. The predicted molar refractivity (Wildman–Crippen MR) is 190 cm³/mol. The minimum absolute atomic E-state index is 0.0402. The quantitative estimate of drug-likeness (QED) is 0.196. The summed E-state index contributed by atoms with van der Waals surface area (Å²) >= 11 is 0. The fraction of sp³-hybridized carbons (Fsp3) is 0.297. The van der Waals surface area contributed by atoms with E-state index in [1.54, 1.807) is 24.3 Å².